The van der Waals surface area contributed by atoms with Crippen LogP contribution in [-0.2, 0) is 0 Å². The molecule has 2 aromatic carbocycles. The summed E-state index contributed by atoms with van der Waals surface area (Å²) in [7, 11) is 0. The van der Waals surface area contributed by atoms with E-state index < -0.39 is 0 Å². The molecule has 1 fully saturated rings. The lowest BCUT2D eigenvalue weighted by atomic mass is 9.91. The van der Waals surface area contributed by atoms with Crippen molar-refractivity contribution in [2.24, 2.45) is 0 Å². The van der Waals surface area contributed by atoms with Gasteiger partial charge in [-0.15, -0.1) is 0 Å². The smallest absolute Gasteiger partial charge is 0.205 e. The van der Waals surface area contributed by atoms with Crippen molar-refractivity contribution < 1.29 is 4.79 Å². The molecule has 21 heavy (non-hydrogen) atoms. The number of nitrogens with zero attached hydrogens (tertiary/aromatic N) is 1. The summed E-state index contributed by atoms with van der Waals surface area (Å²) in [6, 6.07) is 10.2. The average molecular weight is 298 g/mol. The number of rotatable bonds is 1. The first-order valence-corrected chi connectivity index (χ1v) is 7.86. The number of anilines is 1. The molecule has 0 saturated carbocycles. The van der Waals surface area contributed by atoms with Gasteiger partial charge in [-0.05, 0) is 37.0 Å². The molecule has 3 heteroatoms. The van der Waals surface area contributed by atoms with Crippen LogP contribution in [0.2, 0.25) is 0 Å². The second kappa shape index (κ2) is 4.88. The van der Waals surface area contributed by atoms with Crippen LogP contribution >= 0.6 is 11.6 Å². The van der Waals surface area contributed by atoms with Crippen LogP contribution in [0.15, 0.2) is 35.4 Å². The van der Waals surface area contributed by atoms with E-state index >= 15 is 0 Å². The molecule has 0 unspecified atom stereocenters. The van der Waals surface area contributed by atoms with E-state index in [1.165, 1.54) is 30.3 Å². The molecule has 0 atom stereocenters. The molecule has 1 aliphatic carbocycles. The lowest BCUT2D eigenvalue weighted by Gasteiger charge is -2.30. The van der Waals surface area contributed by atoms with Crippen molar-refractivity contribution in [2.45, 2.75) is 19.3 Å². The fraction of sp³-hybridized carbons (Fsp3) is 0.278. The molecule has 0 amide bonds. The Morgan fingerprint density at radius 3 is 2.62 bits per heavy atom. The first-order chi connectivity index (χ1) is 10.3. The third kappa shape index (κ3) is 1.97. The first-order valence-electron chi connectivity index (χ1n) is 7.48. The lowest BCUT2D eigenvalue weighted by Crippen LogP contribution is -2.29. The summed E-state index contributed by atoms with van der Waals surface area (Å²) >= 11 is 6.07. The molecule has 2 aliphatic rings. The van der Waals surface area contributed by atoms with Crippen LogP contribution < -0.4 is 4.90 Å². The van der Waals surface area contributed by atoms with Crippen molar-refractivity contribution in [2.75, 3.05) is 18.0 Å². The van der Waals surface area contributed by atoms with Gasteiger partial charge in [-0.25, -0.2) is 0 Å². The molecule has 0 spiro atoms. The Hall–Kier alpha value is -1.80. The van der Waals surface area contributed by atoms with Gasteiger partial charge in [-0.1, -0.05) is 35.9 Å². The number of carbonyl (C=O) groups is 1. The van der Waals surface area contributed by atoms with Gasteiger partial charge in [0.15, 0.2) is 0 Å². The number of benzene rings is 2. The maximum absolute atomic E-state index is 12.3. The first kappa shape index (κ1) is 12.9. The van der Waals surface area contributed by atoms with Gasteiger partial charge in [0.25, 0.3) is 0 Å². The molecule has 0 bridgehead atoms. The molecule has 2 aromatic rings. The quantitative estimate of drug-likeness (QED) is 0.766. The van der Waals surface area contributed by atoms with E-state index in [0.29, 0.717) is 5.03 Å². The lowest BCUT2D eigenvalue weighted by molar-refractivity contribution is 0.104. The standard InChI is InChI=1S/C18H16ClNO/c19-15-11-12-7-8-16(20-9-2-1-3-10-20)13-5-4-6-14(17(12)13)18(15)21/h4-8,11H,1-3,9-10H2. The van der Waals surface area contributed by atoms with E-state index in [-0.39, 0.29) is 5.78 Å². The van der Waals surface area contributed by atoms with Gasteiger partial charge in [0.2, 0.25) is 5.78 Å². The molecule has 4 rings (SSSR count). The van der Waals surface area contributed by atoms with Gasteiger partial charge < -0.3 is 4.90 Å². The Bertz CT molecular complexity index is 772. The number of hydrogen-bond donors (Lipinski definition) is 0. The molecule has 1 saturated heterocycles. The number of carbonyl (C=O) groups excluding carboxylic acids is 1. The third-order valence-corrected chi connectivity index (χ3v) is 4.77. The highest BCUT2D eigenvalue weighted by atomic mass is 35.5. The Balaban J connectivity index is 1.97. The number of Topliss-reactive ketones (excluding diaryl/α,β-unsaturated/α-hetero) is 1. The topological polar surface area (TPSA) is 20.3 Å². The molecule has 0 aromatic heterocycles. The van der Waals surface area contributed by atoms with Gasteiger partial charge in [-0.3, -0.25) is 4.79 Å². The van der Waals surface area contributed by atoms with Crippen molar-refractivity contribution in [3.05, 3.63) is 46.5 Å². The van der Waals surface area contributed by atoms with Crippen LogP contribution in [0.25, 0.3) is 16.8 Å². The fourth-order valence-electron chi connectivity index (χ4n) is 3.47. The molecule has 1 heterocycles. The molecule has 1 aliphatic heterocycles. The fourth-order valence-corrected chi connectivity index (χ4v) is 3.69. The summed E-state index contributed by atoms with van der Waals surface area (Å²) in [5, 5.41) is 2.52. The molecular formula is C18H16ClNO. The number of halogens is 1. The third-order valence-electron chi connectivity index (χ3n) is 4.49. The molecular weight excluding hydrogens is 282 g/mol. The van der Waals surface area contributed by atoms with Crippen LogP contribution in [0, 0.1) is 0 Å². The number of hydrogen-bond acceptors (Lipinski definition) is 2. The Morgan fingerprint density at radius 1 is 1.00 bits per heavy atom. The monoisotopic (exact) mass is 297 g/mol. The second-order valence-corrected chi connectivity index (χ2v) is 6.18. The van der Waals surface area contributed by atoms with Gasteiger partial charge in [-0.2, -0.15) is 0 Å². The molecule has 2 nitrogen and oxygen atoms in total. The predicted octanol–water partition coefficient (Wildman–Crippen LogP) is 4.61. The summed E-state index contributed by atoms with van der Waals surface area (Å²) in [5.74, 6) is -0.0643. The number of piperidine rings is 1. The highest BCUT2D eigenvalue weighted by Gasteiger charge is 2.23. The Morgan fingerprint density at radius 2 is 1.81 bits per heavy atom. The normalized spacial score (nSPS) is 18.0. The van der Waals surface area contributed by atoms with E-state index in [1.54, 1.807) is 6.08 Å². The van der Waals surface area contributed by atoms with E-state index in [1.807, 2.05) is 12.1 Å². The summed E-state index contributed by atoms with van der Waals surface area (Å²) in [6.07, 6.45) is 5.59. The largest absolute Gasteiger partial charge is 0.371 e. The molecule has 0 N–H and O–H groups in total. The zero-order valence-electron chi connectivity index (χ0n) is 11.7. The van der Waals surface area contributed by atoms with Crippen molar-refractivity contribution in [3.63, 3.8) is 0 Å². The minimum absolute atomic E-state index is 0.0643. The van der Waals surface area contributed by atoms with Gasteiger partial charge >= 0.3 is 0 Å². The minimum atomic E-state index is -0.0643. The van der Waals surface area contributed by atoms with Crippen LogP contribution in [0.3, 0.4) is 0 Å². The minimum Gasteiger partial charge on any atom is -0.371 e. The maximum atomic E-state index is 12.3. The second-order valence-electron chi connectivity index (χ2n) is 5.77. The van der Waals surface area contributed by atoms with E-state index in [2.05, 4.69) is 23.1 Å². The average Bonchev–Trinajstić information content (AvgIpc) is 2.53. The summed E-state index contributed by atoms with van der Waals surface area (Å²) in [6.45, 7) is 2.20. The van der Waals surface area contributed by atoms with E-state index in [0.717, 1.165) is 29.6 Å². The maximum Gasteiger partial charge on any atom is 0.205 e. The van der Waals surface area contributed by atoms with Crippen molar-refractivity contribution in [3.8, 4) is 0 Å². The predicted molar refractivity (Wildman–Crippen MR) is 88.2 cm³/mol. The van der Waals surface area contributed by atoms with Crippen LogP contribution in [0.1, 0.15) is 35.2 Å². The zero-order chi connectivity index (χ0) is 14.4. The SMILES string of the molecule is O=C1C(Cl)=Cc2ccc(N3CCCCC3)c3cccc1c23. The zero-order valence-corrected chi connectivity index (χ0v) is 12.5. The molecule has 0 radical (unpaired) electrons. The van der Waals surface area contributed by atoms with E-state index in [9.17, 15) is 4.79 Å². The van der Waals surface area contributed by atoms with Crippen molar-refractivity contribution in [1.82, 2.24) is 0 Å². The summed E-state index contributed by atoms with van der Waals surface area (Å²) in [5.41, 5.74) is 3.02. The molecule has 106 valence electrons. The summed E-state index contributed by atoms with van der Waals surface area (Å²) < 4.78 is 0. The Labute approximate surface area is 129 Å². The summed E-state index contributed by atoms with van der Waals surface area (Å²) in [4.78, 5) is 14.7. The van der Waals surface area contributed by atoms with Gasteiger partial charge in [0.1, 0.15) is 0 Å². The Kier molecular flexibility index (Phi) is 3.00. The number of ketones is 1. The van der Waals surface area contributed by atoms with E-state index in [4.69, 9.17) is 11.6 Å². The number of allylic oxidation sites excluding steroid dienone is 1. The highest BCUT2D eigenvalue weighted by Crippen LogP contribution is 2.38. The van der Waals surface area contributed by atoms with Crippen LogP contribution in [0.4, 0.5) is 5.69 Å². The van der Waals surface area contributed by atoms with Crippen molar-refractivity contribution >= 4 is 39.9 Å². The van der Waals surface area contributed by atoms with Crippen LogP contribution in [0.5, 0.6) is 0 Å². The van der Waals surface area contributed by atoms with Crippen molar-refractivity contribution in [1.29, 1.82) is 0 Å². The highest BCUT2D eigenvalue weighted by molar-refractivity contribution is 6.49. The van der Waals surface area contributed by atoms with Gasteiger partial charge in [0.05, 0.1) is 5.03 Å². The van der Waals surface area contributed by atoms with Crippen LogP contribution in [-0.4, -0.2) is 18.9 Å². The van der Waals surface area contributed by atoms with Gasteiger partial charge in [0, 0.05) is 35.1 Å².